The van der Waals surface area contributed by atoms with Crippen molar-refractivity contribution in [3.63, 3.8) is 0 Å². The summed E-state index contributed by atoms with van der Waals surface area (Å²) < 4.78 is 0. The highest BCUT2D eigenvalue weighted by atomic mass is 14.9. The van der Waals surface area contributed by atoms with Crippen molar-refractivity contribution in [2.45, 2.75) is 53.0 Å². The minimum atomic E-state index is 0.690. The molecule has 0 fully saturated rings. The van der Waals surface area contributed by atoms with Crippen molar-refractivity contribution in [1.82, 2.24) is 5.32 Å². The quantitative estimate of drug-likeness (QED) is 0.463. The van der Waals surface area contributed by atoms with Gasteiger partial charge in [0.2, 0.25) is 0 Å². The number of nitrogens with one attached hydrogen (secondary N) is 1. The first kappa shape index (κ1) is 13.7. The molecule has 0 aromatic heterocycles. The van der Waals surface area contributed by atoms with E-state index in [1.165, 1.54) is 12.8 Å². The van der Waals surface area contributed by atoms with E-state index in [1.54, 1.807) is 0 Å². The van der Waals surface area contributed by atoms with Gasteiger partial charge in [0.15, 0.2) is 0 Å². The second-order valence-electron chi connectivity index (χ2n) is 4.99. The Morgan fingerprint density at radius 2 is 1.57 bits per heavy atom. The highest BCUT2D eigenvalue weighted by molar-refractivity contribution is 4.73. The Morgan fingerprint density at radius 1 is 1.07 bits per heavy atom. The van der Waals surface area contributed by atoms with Crippen LogP contribution in [0.15, 0.2) is 12.7 Å². The van der Waals surface area contributed by atoms with E-state index in [0.29, 0.717) is 6.04 Å². The molecule has 0 saturated heterocycles. The van der Waals surface area contributed by atoms with Gasteiger partial charge in [-0.2, -0.15) is 0 Å². The lowest BCUT2D eigenvalue weighted by Crippen LogP contribution is -2.32. The summed E-state index contributed by atoms with van der Waals surface area (Å²) >= 11 is 0. The third-order valence-electron chi connectivity index (χ3n) is 2.29. The normalized spacial score (nSPS) is 11.6. The summed E-state index contributed by atoms with van der Waals surface area (Å²) in [6, 6.07) is 0.690. The van der Waals surface area contributed by atoms with Gasteiger partial charge < -0.3 is 5.32 Å². The Labute approximate surface area is 90.0 Å². The Balaban J connectivity index is 3.77. The molecule has 0 aliphatic rings. The molecular formula is C13H27N. The summed E-state index contributed by atoms with van der Waals surface area (Å²) in [7, 11) is 0. The van der Waals surface area contributed by atoms with E-state index in [1.807, 2.05) is 6.08 Å². The van der Waals surface area contributed by atoms with E-state index in [4.69, 9.17) is 0 Å². The van der Waals surface area contributed by atoms with Gasteiger partial charge in [0.05, 0.1) is 0 Å². The maximum Gasteiger partial charge on any atom is 0.00720 e. The van der Waals surface area contributed by atoms with Gasteiger partial charge in [-0.05, 0) is 37.6 Å². The first-order valence-corrected chi connectivity index (χ1v) is 5.90. The van der Waals surface area contributed by atoms with Crippen molar-refractivity contribution in [3.8, 4) is 0 Å². The van der Waals surface area contributed by atoms with Gasteiger partial charge in [-0.1, -0.05) is 33.8 Å². The highest BCUT2D eigenvalue weighted by Gasteiger charge is 2.11. The topological polar surface area (TPSA) is 12.0 Å². The third kappa shape index (κ3) is 8.31. The molecule has 0 amide bonds. The summed E-state index contributed by atoms with van der Waals surface area (Å²) in [4.78, 5) is 0. The molecule has 84 valence electrons. The van der Waals surface area contributed by atoms with Crippen LogP contribution in [0.2, 0.25) is 0 Å². The Morgan fingerprint density at radius 3 is 1.93 bits per heavy atom. The van der Waals surface area contributed by atoms with Crippen LogP contribution in [0, 0.1) is 11.8 Å². The molecule has 0 aromatic carbocycles. The fourth-order valence-corrected chi connectivity index (χ4v) is 1.79. The monoisotopic (exact) mass is 197 g/mol. The van der Waals surface area contributed by atoms with Crippen LogP contribution in [0.4, 0.5) is 0 Å². The van der Waals surface area contributed by atoms with Crippen LogP contribution in [0.1, 0.15) is 47.0 Å². The van der Waals surface area contributed by atoms with E-state index >= 15 is 0 Å². The molecule has 1 heteroatoms. The van der Waals surface area contributed by atoms with Crippen molar-refractivity contribution in [2.75, 3.05) is 6.54 Å². The number of rotatable bonds is 8. The molecule has 1 nitrogen and oxygen atoms in total. The molecule has 0 aliphatic heterocycles. The predicted octanol–water partition coefficient (Wildman–Crippen LogP) is 3.61. The molecule has 0 aliphatic carbocycles. The van der Waals surface area contributed by atoms with Crippen LogP contribution in [0.3, 0.4) is 0 Å². The van der Waals surface area contributed by atoms with Crippen LogP contribution in [-0.4, -0.2) is 12.6 Å². The zero-order valence-electron chi connectivity index (χ0n) is 10.3. The van der Waals surface area contributed by atoms with Crippen LogP contribution in [0.5, 0.6) is 0 Å². The van der Waals surface area contributed by atoms with Crippen molar-refractivity contribution in [3.05, 3.63) is 12.7 Å². The van der Waals surface area contributed by atoms with Crippen molar-refractivity contribution in [1.29, 1.82) is 0 Å². The first-order chi connectivity index (χ1) is 6.56. The molecule has 0 unspecified atom stereocenters. The maximum atomic E-state index is 3.74. The summed E-state index contributed by atoms with van der Waals surface area (Å²) in [5, 5.41) is 3.61. The Kier molecular flexibility index (Phi) is 7.87. The van der Waals surface area contributed by atoms with E-state index < -0.39 is 0 Å². The molecule has 0 saturated carbocycles. The second-order valence-corrected chi connectivity index (χ2v) is 4.99. The molecule has 14 heavy (non-hydrogen) atoms. The van der Waals surface area contributed by atoms with Gasteiger partial charge >= 0.3 is 0 Å². The van der Waals surface area contributed by atoms with Crippen LogP contribution >= 0.6 is 0 Å². The highest BCUT2D eigenvalue weighted by Crippen LogP contribution is 2.13. The minimum Gasteiger partial charge on any atom is -0.314 e. The van der Waals surface area contributed by atoms with E-state index in [-0.39, 0.29) is 0 Å². The lowest BCUT2D eigenvalue weighted by Gasteiger charge is -2.22. The first-order valence-electron chi connectivity index (χ1n) is 5.90. The lowest BCUT2D eigenvalue weighted by atomic mass is 9.95. The molecule has 0 heterocycles. The van der Waals surface area contributed by atoms with Gasteiger partial charge in [0.1, 0.15) is 0 Å². The SMILES string of the molecule is C=CCCNC(CC(C)C)CC(C)C. The van der Waals surface area contributed by atoms with Gasteiger partial charge in [-0.25, -0.2) is 0 Å². The fraction of sp³-hybridized carbons (Fsp3) is 0.846. The lowest BCUT2D eigenvalue weighted by molar-refractivity contribution is 0.362. The molecule has 0 radical (unpaired) electrons. The van der Waals surface area contributed by atoms with Crippen molar-refractivity contribution in [2.24, 2.45) is 11.8 Å². The number of hydrogen-bond acceptors (Lipinski definition) is 1. The van der Waals surface area contributed by atoms with Crippen molar-refractivity contribution < 1.29 is 0 Å². The van der Waals surface area contributed by atoms with Gasteiger partial charge in [0.25, 0.3) is 0 Å². The van der Waals surface area contributed by atoms with E-state index in [0.717, 1.165) is 24.8 Å². The number of hydrogen-bond donors (Lipinski definition) is 1. The largest absolute Gasteiger partial charge is 0.314 e. The van der Waals surface area contributed by atoms with E-state index in [2.05, 4.69) is 39.6 Å². The molecular weight excluding hydrogens is 170 g/mol. The predicted molar refractivity (Wildman–Crippen MR) is 65.5 cm³/mol. The molecule has 0 aromatic rings. The Hall–Kier alpha value is -0.300. The molecule has 0 rings (SSSR count). The van der Waals surface area contributed by atoms with Crippen molar-refractivity contribution >= 4 is 0 Å². The zero-order valence-corrected chi connectivity index (χ0v) is 10.3. The Bertz CT molecular complexity index is 128. The van der Waals surface area contributed by atoms with Gasteiger partial charge in [-0.3, -0.25) is 0 Å². The third-order valence-corrected chi connectivity index (χ3v) is 2.29. The van der Waals surface area contributed by atoms with Crippen LogP contribution in [-0.2, 0) is 0 Å². The zero-order chi connectivity index (χ0) is 11.0. The minimum absolute atomic E-state index is 0.690. The summed E-state index contributed by atoms with van der Waals surface area (Å²) in [5.41, 5.74) is 0. The second kappa shape index (κ2) is 8.05. The van der Waals surface area contributed by atoms with Gasteiger partial charge in [-0.15, -0.1) is 6.58 Å². The molecule has 0 spiro atoms. The van der Waals surface area contributed by atoms with Crippen LogP contribution < -0.4 is 5.32 Å². The maximum absolute atomic E-state index is 3.74. The summed E-state index contributed by atoms with van der Waals surface area (Å²) in [6.45, 7) is 14.0. The average Bonchev–Trinajstić information content (AvgIpc) is 2.02. The molecule has 0 atom stereocenters. The van der Waals surface area contributed by atoms with E-state index in [9.17, 15) is 0 Å². The summed E-state index contributed by atoms with van der Waals surface area (Å²) in [6.07, 6.45) is 5.63. The fourth-order valence-electron chi connectivity index (χ4n) is 1.79. The molecule has 0 bridgehead atoms. The summed E-state index contributed by atoms with van der Waals surface area (Å²) in [5.74, 6) is 1.57. The molecule has 1 N–H and O–H groups in total. The standard InChI is InChI=1S/C13H27N/c1-6-7-8-14-13(9-11(2)3)10-12(4)5/h6,11-14H,1,7-10H2,2-5H3. The average molecular weight is 197 g/mol. The smallest absolute Gasteiger partial charge is 0.00720 e. The van der Waals surface area contributed by atoms with Crippen LogP contribution in [0.25, 0.3) is 0 Å². The van der Waals surface area contributed by atoms with Gasteiger partial charge in [0, 0.05) is 6.04 Å².